The molecule has 4 unspecified atom stereocenters. The molecule has 1 aromatic carbocycles. The quantitative estimate of drug-likeness (QED) is 0.537. The first-order valence-electron chi connectivity index (χ1n) is 8.04. The molecule has 4 rings (SSSR count). The van der Waals surface area contributed by atoms with Gasteiger partial charge in [-0.05, 0) is 37.3 Å². The number of ether oxygens (including phenoxy) is 1. The molecule has 23 heavy (non-hydrogen) atoms. The molecule has 1 N–H and O–H groups in total. The van der Waals surface area contributed by atoms with Crippen molar-refractivity contribution in [2.75, 3.05) is 6.61 Å². The number of fused-ring (bicyclic) bond motifs is 3. The average Bonchev–Trinajstić information content (AvgIpc) is 3.09. The van der Waals surface area contributed by atoms with Gasteiger partial charge in [0.25, 0.3) is 0 Å². The Balaban J connectivity index is 1.90. The number of thiol groups is 2. The maximum atomic E-state index is 14.9. The van der Waals surface area contributed by atoms with Crippen LogP contribution >= 0.6 is 25.3 Å². The van der Waals surface area contributed by atoms with Crippen molar-refractivity contribution in [3.63, 3.8) is 0 Å². The predicted molar refractivity (Wildman–Crippen MR) is 92.7 cm³/mol. The fraction of sp³-hybridized carbons (Fsp3) is 0.588. The van der Waals surface area contributed by atoms with Gasteiger partial charge in [-0.3, -0.25) is 10.1 Å². The Morgan fingerprint density at radius 2 is 2.00 bits per heavy atom. The Morgan fingerprint density at radius 3 is 2.65 bits per heavy atom. The summed E-state index contributed by atoms with van der Waals surface area (Å²) in [4.78, 5) is 11.1. The average molecular weight is 353 g/mol. The molecule has 3 nitrogen and oxygen atoms in total. The number of nitrogens with one attached hydrogen (secondary N) is 1. The fourth-order valence-corrected chi connectivity index (χ4v) is 6.05. The number of carbonyl (C=O) groups excluding carboxylic acids is 1. The van der Waals surface area contributed by atoms with E-state index in [1.165, 1.54) is 6.07 Å². The van der Waals surface area contributed by atoms with Crippen LogP contribution in [0.4, 0.5) is 4.39 Å². The lowest BCUT2D eigenvalue weighted by Crippen LogP contribution is -2.53. The second-order valence-electron chi connectivity index (χ2n) is 6.91. The lowest BCUT2D eigenvalue weighted by Gasteiger charge is -2.48. The van der Waals surface area contributed by atoms with Crippen LogP contribution in [-0.2, 0) is 20.5 Å². The van der Waals surface area contributed by atoms with Crippen molar-refractivity contribution in [1.29, 1.82) is 0 Å². The van der Waals surface area contributed by atoms with Gasteiger partial charge in [-0.25, -0.2) is 4.39 Å². The lowest BCUT2D eigenvalue weighted by molar-refractivity contribution is -0.116. The molecule has 4 atom stereocenters. The van der Waals surface area contributed by atoms with Crippen molar-refractivity contribution in [3.8, 4) is 0 Å². The molecule has 0 bridgehead atoms. The van der Waals surface area contributed by atoms with E-state index in [4.69, 9.17) is 30.0 Å². The van der Waals surface area contributed by atoms with Crippen molar-refractivity contribution in [2.45, 2.75) is 53.4 Å². The standard InChI is InChI=1S/C17H20FNO2S2/c18-11-3-1-2-10-15(11)17(12(22)4-5-13(17)23)7-6-16(10)9-21-14(8-20)19-16/h1-3,8,12-14,19,22-23H,4-7,9H2. The first-order valence-corrected chi connectivity index (χ1v) is 9.07. The van der Waals surface area contributed by atoms with Crippen LogP contribution < -0.4 is 5.32 Å². The van der Waals surface area contributed by atoms with Crippen molar-refractivity contribution in [3.05, 3.63) is 35.1 Å². The predicted octanol–water partition coefficient (Wildman–Crippen LogP) is 2.59. The van der Waals surface area contributed by atoms with Gasteiger partial charge < -0.3 is 4.74 Å². The molecule has 2 aliphatic carbocycles. The van der Waals surface area contributed by atoms with Crippen LogP contribution in [0.3, 0.4) is 0 Å². The van der Waals surface area contributed by atoms with Crippen LogP contribution in [0.5, 0.6) is 0 Å². The van der Waals surface area contributed by atoms with Crippen LogP contribution in [0.25, 0.3) is 0 Å². The minimum atomic E-state index is -0.623. The molecule has 1 heterocycles. The molecule has 6 heteroatoms. The minimum absolute atomic E-state index is 0.0992. The summed E-state index contributed by atoms with van der Waals surface area (Å²) >= 11 is 9.59. The van der Waals surface area contributed by atoms with Gasteiger partial charge in [0.1, 0.15) is 5.82 Å². The summed E-state index contributed by atoms with van der Waals surface area (Å²) in [6, 6.07) is 5.22. The zero-order valence-electron chi connectivity index (χ0n) is 12.7. The molecule has 3 aliphatic rings. The van der Waals surface area contributed by atoms with Gasteiger partial charge in [0.05, 0.1) is 12.1 Å². The fourth-order valence-electron chi connectivity index (χ4n) is 4.76. The van der Waals surface area contributed by atoms with Crippen molar-refractivity contribution in [2.24, 2.45) is 0 Å². The first kappa shape index (κ1) is 15.9. The number of hydrogen-bond donors (Lipinski definition) is 3. The van der Waals surface area contributed by atoms with E-state index in [-0.39, 0.29) is 21.7 Å². The summed E-state index contributed by atoms with van der Waals surface area (Å²) in [5.41, 5.74) is 0.802. The summed E-state index contributed by atoms with van der Waals surface area (Å²) in [5, 5.41) is 3.47. The molecular formula is C17H20FNO2S2. The highest BCUT2D eigenvalue weighted by Crippen LogP contribution is 2.57. The third-order valence-electron chi connectivity index (χ3n) is 5.91. The maximum Gasteiger partial charge on any atom is 0.165 e. The molecule has 0 amide bonds. The summed E-state index contributed by atoms with van der Waals surface area (Å²) in [6.45, 7) is 0.386. The Hall–Kier alpha value is -0.560. The van der Waals surface area contributed by atoms with E-state index in [9.17, 15) is 9.18 Å². The van der Waals surface area contributed by atoms with E-state index in [1.807, 2.05) is 6.07 Å². The number of aldehydes is 1. The van der Waals surface area contributed by atoms with Crippen LogP contribution in [0.2, 0.25) is 0 Å². The Morgan fingerprint density at radius 1 is 1.26 bits per heavy atom. The molecule has 124 valence electrons. The van der Waals surface area contributed by atoms with Crippen LogP contribution in [0.15, 0.2) is 18.2 Å². The number of halogens is 1. The van der Waals surface area contributed by atoms with E-state index >= 15 is 0 Å². The highest BCUT2D eigenvalue weighted by atomic mass is 32.1. The number of rotatable bonds is 1. The van der Waals surface area contributed by atoms with Gasteiger partial charge in [0, 0.05) is 21.5 Å². The molecule has 2 spiro atoms. The van der Waals surface area contributed by atoms with E-state index in [2.05, 4.69) is 5.32 Å². The summed E-state index contributed by atoms with van der Waals surface area (Å²) < 4.78 is 20.5. The van der Waals surface area contributed by atoms with Gasteiger partial charge in [-0.2, -0.15) is 25.3 Å². The molecular weight excluding hydrogens is 333 g/mol. The van der Waals surface area contributed by atoms with Crippen LogP contribution in [0.1, 0.15) is 36.8 Å². The van der Waals surface area contributed by atoms with Gasteiger partial charge in [-0.1, -0.05) is 12.1 Å². The van der Waals surface area contributed by atoms with Crippen molar-refractivity contribution >= 4 is 31.5 Å². The Kier molecular flexibility index (Phi) is 3.80. The molecule has 1 saturated carbocycles. The molecule has 1 aliphatic heterocycles. The van der Waals surface area contributed by atoms with E-state index in [0.717, 1.165) is 43.1 Å². The Bertz CT molecular complexity index is 645. The summed E-state index contributed by atoms with van der Waals surface area (Å²) in [5.74, 6) is -0.196. The van der Waals surface area contributed by atoms with Crippen molar-refractivity contribution < 1.29 is 13.9 Å². The zero-order valence-corrected chi connectivity index (χ0v) is 14.5. The first-order chi connectivity index (χ1) is 11.0. The van der Waals surface area contributed by atoms with E-state index in [1.54, 1.807) is 6.07 Å². The smallest absolute Gasteiger partial charge is 0.165 e. The Labute approximate surface area is 146 Å². The van der Waals surface area contributed by atoms with Gasteiger partial charge in [-0.15, -0.1) is 0 Å². The lowest BCUT2D eigenvalue weighted by atomic mass is 9.62. The second kappa shape index (κ2) is 5.48. The number of benzene rings is 1. The minimum Gasteiger partial charge on any atom is -0.354 e. The third-order valence-corrected chi connectivity index (χ3v) is 7.35. The summed E-state index contributed by atoms with van der Waals surface area (Å²) in [6.07, 6.45) is 3.61. The highest BCUT2D eigenvalue weighted by Gasteiger charge is 2.57. The molecule has 2 fully saturated rings. The molecule has 0 aromatic heterocycles. The third kappa shape index (κ3) is 2.08. The van der Waals surface area contributed by atoms with Gasteiger partial charge in [0.2, 0.25) is 0 Å². The normalized spacial score (nSPS) is 42.3. The zero-order chi connectivity index (χ0) is 16.2. The number of carbonyl (C=O) groups is 1. The largest absolute Gasteiger partial charge is 0.354 e. The molecule has 0 radical (unpaired) electrons. The van der Waals surface area contributed by atoms with Crippen LogP contribution in [0, 0.1) is 5.82 Å². The second-order valence-corrected chi connectivity index (χ2v) is 8.15. The molecule has 1 aromatic rings. The monoisotopic (exact) mass is 353 g/mol. The SMILES string of the molecule is O=CC1NC2(CCC3(c4c(F)cccc42)C(S)CCC3S)CO1. The van der Waals surface area contributed by atoms with Crippen LogP contribution in [-0.4, -0.2) is 29.6 Å². The highest BCUT2D eigenvalue weighted by molar-refractivity contribution is 7.82. The van der Waals surface area contributed by atoms with Gasteiger partial charge >= 0.3 is 0 Å². The maximum absolute atomic E-state index is 14.9. The van der Waals surface area contributed by atoms with Gasteiger partial charge in [0.15, 0.2) is 12.5 Å². The van der Waals surface area contributed by atoms with E-state index < -0.39 is 11.8 Å². The summed E-state index contributed by atoms with van der Waals surface area (Å²) in [7, 11) is 0. The van der Waals surface area contributed by atoms with Crippen molar-refractivity contribution in [1.82, 2.24) is 5.32 Å². The molecule has 1 saturated heterocycles. The van der Waals surface area contributed by atoms with E-state index in [0.29, 0.717) is 6.61 Å². The topological polar surface area (TPSA) is 38.3 Å². The number of hydrogen-bond acceptors (Lipinski definition) is 5.